The molecule has 1 aliphatic rings. The zero-order valence-electron chi connectivity index (χ0n) is 11.5. The molecule has 4 heteroatoms. The second-order valence-corrected chi connectivity index (χ2v) is 6.21. The smallest absolute Gasteiger partial charge is 0.124 e. The van der Waals surface area contributed by atoms with Crippen molar-refractivity contribution in [1.29, 1.82) is 0 Å². The summed E-state index contributed by atoms with van der Waals surface area (Å²) < 4.78 is 13.0. The fraction of sp³-hybridized carbons (Fsp3) is 0.600. The molecule has 19 heavy (non-hydrogen) atoms. The molecule has 0 spiro atoms. The first-order valence-corrected chi connectivity index (χ1v) is 7.16. The maximum Gasteiger partial charge on any atom is 0.124 e. The molecule has 1 saturated heterocycles. The molecule has 106 valence electrons. The Morgan fingerprint density at radius 1 is 1.37 bits per heavy atom. The number of likely N-dealkylation sites (tertiary alicyclic amines) is 1. The van der Waals surface area contributed by atoms with Crippen LogP contribution in [0.4, 0.5) is 4.39 Å². The number of hydrogen-bond donors (Lipinski definition) is 1. The van der Waals surface area contributed by atoms with Crippen molar-refractivity contribution in [3.8, 4) is 0 Å². The molecule has 2 nitrogen and oxygen atoms in total. The van der Waals surface area contributed by atoms with Gasteiger partial charge < -0.3 is 5.11 Å². The van der Waals surface area contributed by atoms with Crippen molar-refractivity contribution >= 4 is 11.6 Å². The van der Waals surface area contributed by atoms with Crippen LogP contribution < -0.4 is 0 Å². The van der Waals surface area contributed by atoms with E-state index in [4.69, 9.17) is 11.6 Å². The standard InChI is InChI=1S/C15H21ClFNO/c1-15(2,18-7-3-4-8-18)14(19)9-11-5-6-12(17)10-13(11)16/h5-6,10,14,19H,3-4,7-9H2,1-2H3. The van der Waals surface area contributed by atoms with E-state index in [-0.39, 0.29) is 11.4 Å². The van der Waals surface area contributed by atoms with Gasteiger partial charge in [-0.25, -0.2) is 4.39 Å². The monoisotopic (exact) mass is 285 g/mol. The molecular formula is C15H21ClFNO. The lowest BCUT2D eigenvalue weighted by Crippen LogP contribution is -2.51. The summed E-state index contributed by atoms with van der Waals surface area (Å²) in [5.41, 5.74) is 0.511. The molecule has 1 N–H and O–H groups in total. The van der Waals surface area contributed by atoms with Gasteiger partial charge in [0, 0.05) is 17.0 Å². The van der Waals surface area contributed by atoms with Crippen molar-refractivity contribution in [2.75, 3.05) is 13.1 Å². The Kier molecular flexibility index (Phi) is 4.49. The number of aliphatic hydroxyl groups is 1. The third-order valence-corrected chi connectivity index (χ3v) is 4.52. The molecule has 0 radical (unpaired) electrons. The summed E-state index contributed by atoms with van der Waals surface area (Å²) in [6, 6.07) is 4.34. The normalized spacial score (nSPS) is 18.8. The Balaban J connectivity index is 2.09. The molecule has 0 saturated carbocycles. The van der Waals surface area contributed by atoms with Gasteiger partial charge >= 0.3 is 0 Å². The average Bonchev–Trinajstić information content (AvgIpc) is 2.86. The molecule has 1 aliphatic heterocycles. The lowest BCUT2D eigenvalue weighted by molar-refractivity contribution is 0.00338. The molecule has 1 atom stereocenters. The highest BCUT2D eigenvalue weighted by molar-refractivity contribution is 6.31. The average molecular weight is 286 g/mol. The van der Waals surface area contributed by atoms with Crippen LogP contribution in [-0.4, -0.2) is 34.7 Å². The molecule has 1 fully saturated rings. The van der Waals surface area contributed by atoms with Gasteiger partial charge in [0.2, 0.25) is 0 Å². The summed E-state index contributed by atoms with van der Waals surface area (Å²) >= 11 is 6.02. The molecule has 0 amide bonds. The summed E-state index contributed by atoms with van der Waals surface area (Å²) in [5, 5.41) is 10.9. The van der Waals surface area contributed by atoms with Crippen LogP contribution in [0.1, 0.15) is 32.3 Å². The van der Waals surface area contributed by atoms with E-state index >= 15 is 0 Å². The highest BCUT2D eigenvalue weighted by atomic mass is 35.5. The minimum Gasteiger partial charge on any atom is -0.391 e. The van der Waals surface area contributed by atoms with Crippen LogP contribution in [0, 0.1) is 5.82 Å². The zero-order valence-corrected chi connectivity index (χ0v) is 12.3. The Bertz CT molecular complexity index is 444. The fourth-order valence-electron chi connectivity index (χ4n) is 2.65. The van der Waals surface area contributed by atoms with E-state index in [0.29, 0.717) is 11.4 Å². The largest absolute Gasteiger partial charge is 0.391 e. The first-order valence-electron chi connectivity index (χ1n) is 6.78. The number of aliphatic hydroxyl groups excluding tert-OH is 1. The number of rotatable bonds is 4. The summed E-state index contributed by atoms with van der Waals surface area (Å²) in [5.74, 6) is -0.345. The SMILES string of the molecule is CC(C)(C(O)Cc1ccc(F)cc1Cl)N1CCCC1. The van der Waals surface area contributed by atoms with Gasteiger partial charge in [-0.3, -0.25) is 4.90 Å². The quantitative estimate of drug-likeness (QED) is 0.918. The van der Waals surface area contributed by atoms with E-state index < -0.39 is 6.10 Å². The van der Waals surface area contributed by atoms with Crippen molar-refractivity contribution in [1.82, 2.24) is 4.90 Å². The Hall–Kier alpha value is -0.640. The first kappa shape index (κ1) is 14.8. The third kappa shape index (κ3) is 3.28. The summed E-state index contributed by atoms with van der Waals surface area (Å²) in [4.78, 5) is 2.31. The van der Waals surface area contributed by atoms with Gasteiger partial charge in [-0.05, 0) is 57.5 Å². The maximum atomic E-state index is 13.0. The van der Waals surface area contributed by atoms with Gasteiger partial charge in [0.15, 0.2) is 0 Å². The molecule has 1 unspecified atom stereocenters. The summed E-state index contributed by atoms with van der Waals surface area (Å²) in [7, 11) is 0. The van der Waals surface area contributed by atoms with Gasteiger partial charge in [-0.2, -0.15) is 0 Å². The summed E-state index contributed by atoms with van der Waals surface area (Å²) in [6.45, 7) is 6.17. The molecule has 0 aromatic heterocycles. The highest BCUT2D eigenvalue weighted by Crippen LogP contribution is 2.28. The number of benzene rings is 1. The number of halogens is 2. The van der Waals surface area contributed by atoms with E-state index in [1.54, 1.807) is 6.07 Å². The molecule has 1 aromatic carbocycles. The van der Waals surface area contributed by atoms with Crippen LogP contribution in [0.3, 0.4) is 0 Å². The Morgan fingerprint density at radius 2 is 2.00 bits per heavy atom. The van der Waals surface area contributed by atoms with E-state index in [1.165, 1.54) is 25.0 Å². The number of nitrogens with zero attached hydrogens (tertiary/aromatic N) is 1. The zero-order chi connectivity index (χ0) is 14.0. The van der Waals surface area contributed by atoms with Gasteiger partial charge in [-0.1, -0.05) is 17.7 Å². The lowest BCUT2D eigenvalue weighted by atomic mass is 9.90. The van der Waals surface area contributed by atoms with Gasteiger partial charge in [0.25, 0.3) is 0 Å². The van der Waals surface area contributed by atoms with Crippen LogP contribution in [-0.2, 0) is 6.42 Å². The Labute approximate surface area is 119 Å². The van der Waals surface area contributed by atoms with Crippen LogP contribution in [0.5, 0.6) is 0 Å². The van der Waals surface area contributed by atoms with Crippen molar-refractivity contribution < 1.29 is 9.50 Å². The number of hydrogen-bond acceptors (Lipinski definition) is 2. The highest BCUT2D eigenvalue weighted by Gasteiger charge is 2.35. The fourth-order valence-corrected chi connectivity index (χ4v) is 2.89. The molecular weight excluding hydrogens is 265 g/mol. The van der Waals surface area contributed by atoms with E-state index in [2.05, 4.69) is 18.7 Å². The summed E-state index contributed by atoms with van der Waals surface area (Å²) in [6.07, 6.45) is 2.30. The molecule has 2 rings (SSSR count). The van der Waals surface area contributed by atoms with Crippen molar-refractivity contribution in [2.45, 2.75) is 44.8 Å². The second kappa shape index (κ2) is 5.78. The van der Waals surface area contributed by atoms with E-state index in [1.807, 2.05) is 0 Å². The molecule has 1 aromatic rings. The maximum absolute atomic E-state index is 13.0. The predicted molar refractivity (Wildman–Crippen MR) is 76.0 cm³/mol. The van der Waals surface area contributed by atoms with E-state index in [0.717, 1.165) is 18.7 Å². The van der Waals surface area contributed by atoms with Crippen LogP contribution >= 0.6 is 11.6 Å². The van der Waals surface area contributed by atoms with Crippen molar-refractivity contribution in [3.63, 3.8) is 0 Å². The minimum atomic E-state index is -0.520. The molecule has 0 bridgehead atoms. The van der Waals surface area contributed by atoms with Crippen molar-refractivity contribution in [2.24, 2.45) is 0 Å². The van der Waals surface area contributed by atoms with Crippen molar-refractivity contribution in [3.05, 3.63) is 34.6 Å². The second-order valence-electron chi connectivity index (χ2n) is 5.80. The van der Waals surface area contributed by atoms with Gasteiger partial charge in [-0.15, -0.1) is 0 Å². The van der Waals surface area contributed by atoms with Gasteiger partial charge in [0.1, 0.15) is 5.82 Å². The van der Waals surface area contributed by atoms with Gasteiger partial charge in [0.05, 0.1) is 6.10 Å². The third-order valence-electron chi connectivity index (χ3n) is 4.16. The lowest BCUT2D eigenvalue weighted by Gasteiger charge is -2.39. The predicted octanol–water partition coefficient (Wildman–Crippen LogP) is 3.26. The molecule has 0 aliphatic carbocycles. The van der Waals surface area contributed by atoms with Crippen LogP contribution in [0.25, 0.3) is 0 Å². The van der Waals surface area contributed by atoms with Crippen LogP contribution in [0.2, 0.25) is 5.02 Å². The topological polar surface area (TPSA) is 23.5 Å². The Morgan fingerprint density at radius 3 is 2.58 bits per heavy atom. The first-order chi connectivity index (χ1) is 8.91. The van der Waals surface area contributed by atoms with E-state index in [9.17, 15) is 9.50 Å². The van der Waals surface area contributed by atoms with Crippen LogP contribution in [0.15, 0.2) is 18.2 Å². The minimum absolute atomic E-state index is 0.284. The molecule has 1 heterocycles.